The Morgan fingerprint density at radius 1 is 1.14 bits per heavy atom. The standard InChI is InChI=1S/C15H15NO4S/c1-9-12(15(19)20)3-2-4-13(9)16-8-11-6-5-10(21-11)7-14(17)18/h2-6,16H,7-8H2,1H3,(H,17,18)(H,19,20). The van der Waals surface area contributed by atoms with Crippen molar-refractivity contribution in [2.45, 2.75) is 19.9 Å². The molecule has 1 heterocycles. The number of hydrogen-bond acceptors (Lipinski definition) is 4. The Morgan fingerprint density at radius 2 is 1.86 bits per heavy atom. The lowest BCUT2D eigenvalue weighted by Crippen LogP contribution is -2.05. The molecule has 0 fully saturated rings. The number of nitrogens with one attached hydrogen (secondary N) is 1. The summed E-state index contributed by atoms with van der Waals surface area (Å²) in [4.78, 5) is 23.5. The summed E-state index contributed by atoms with van der Waals surface area (Å²) in [5, 5.41) is 21.0. The molecule has 0 bridgehead atoms. The van der Waals surface area contributed by atoms with Crippen LogP contribution in [-0.4, -0.2) is 22.2 Å². The highest BCUT2D eigenvalue weighted by Crippen LogP contribution is 2.22. The third-order valence-electron chi connectivity index (χ3n) is 3.06. The summed E-state index contributed by atoms with van der Waals surface area (Å²) in [6, 6.07) is 8.78. The molecule has 0 atom stereocenters. The van der Waals surface area contributed by atoms with Gasteiger partial charge in [-0.05, 0) is 36.8 Å². The second-order valence-corrected chi connectivity index (χ2v) is 5.83. The first kappa shape index (κ1) is 15.1. The van der Waals surface area contributed by atoms with Crippen LogP contribution in [0.25, 0.3) is 0 Å². The summed E-state index contributed by atoms with van der Waals surface area (Å²) in [5.41, 5.74) is 1.73. The molecule has 1 aromatic heterocycles. The van der Waals surface area contributed by atoms with Crippen molar-refractivity contribution in [1.29, 1.82) is 0 Å². The first-order valence-corrected chi connectivity index (χ1v) is 7.15. The second-order valence-electron chi connectivity index (χ2n) is 4.58. The Bertz CT molecular complexity index is 678. The maximum atomic E-state index is 11.1. The Labute approximate surface area is 125 Å². The van der Waals surface area contributed by atoms with Crippen LogP contribution in [0.1, 0.15) is 25.7 Å². The minimum Gasteiger partial charge on any atom is -0.481 e. The summed E-state index contributed by atoms with van der Waals surface area (Å²) >= 11 is 1.44. The molecule has 0 amide bonds. The SMILES string of the molecule is Cc1c(NCc2ccc(CC(=O)O)s2)cccc1C(=O)O. The number of carbonyl (C=O) groups is 2. The van der Waals surface area contributed by atoms with Crippen LogP contribution in [0.5, 0.6) is 0 Å². The van der Waals surface area contributed by atoms with Gasteiger partial charge in [0.15, 0.2) is 0 Å². The molecule has 6 heteroatoms. The van der Waals surface area contributed by atoms with E-state index in [0.717, 1.165) is 15.4 Å². The van der Waals surface area contributed by atoms with Gasteiger partial charge in [-0.25, -0.2) is 4.79 Å². The molecule has 0 radical (unpaired) electrons. The molecule has 0 spiro atoms. The molecule has 0 aliphatic carbocycles. The van der Waals surface area contributed by atoms with E-state index in [1.165, 1.54) is 11.3 Å². The predicted octanol–water partition coefficient (Wildman–Crippen LogP) is 2.99. The van der Waals surface area contributed by atoms with Crippen LogP contribution in [0.3, 0.4) is 0 Å². The van der Waals surface area contributed by atoms with Crippen molar-refractivity contribution in [1.82, 2.24) is 0 Å². The van der Waals surface area contributed by atoms with Gasteiger partial charge in [-0.3, -0.25) is 4.79 Å². The lowest BCUT2D eigenvalue weighted by molar-refractivity contribution is -0.136. The molecule has 2 rings (SSSR count). The van der Waals surface area contributed by atoms with Gasteiger partial charge in [0, 0.05) is 22.0 Å². The average Bonchev–Trinajstić information content (AvgIpc) is 2.84. The molecule has 0 aliphatic heterocycles. The molecule has 110 valence electrons. The van der Waals surface area contributed by atoms with Crippen molar-refractivity contribution < 1.29 is 19.8 Å². The van der Waals surface area contributed by atoms with Gasteiger partial charge in [-0.2, -0.15) is 0 Å². The minimum absolute atomic E-state index is 0.0260. The molecule has 0 saturated heterocycles. The van der Waals surface area contributed by atoms with E-state index >= 15 is 0 Å². The van der Waals surface area contributed by atoms with E-state index in [-0.39, 0.29) is 12.0 Å². The zero-order valence-corrected chi connectivity index (χ0v) is 12.2. The van der Waals surface area contributed by atoms with Gasteiger partial charge in [0.25, 0.3) is 0 Å². The number of rotatable bonds is 6. The summed E-state index contributed by atoms with van der Waals surface area (Å²) in [6.45, 7) is 2.30. The second kappa shape index (κ2) is 6.41. The van der Waals surface area contributed by atoms with Crippen LogP contribution in [0.2, 0.25) is 0 Å². The van der Waals surface area contributed by atoms with Crippen molar-refractivity contribution in [3.63, 3.8) is 0 Å². The Hall–Kier alpha value is -2.34. The summed E-state index contributed by atoms with van der Waals surface area (Å²) in [6.07, 6.45) is 0.0260. The van der Waals surface area contributed by atoms with Crippen LogP contribution >= 0.6 is 11.3 Å². The minimum atomic E-state index is -0.948. The first-order chi connectivity index (χ1) is 9.97. The first-order valence-electron chi connectivity index (χ1n) is 6.33. The van der Waals surface area contributed by atoms with Crippen LogP contribution in [0.4, 0.5) is 5.69 Å². The number of thiophene rings is 1. The molecule has 2 aromatic rings. The third kappa shape index (κ3) is 3.82. The van der Waals surface area contributed by atoms with Gasteiger partial charge >= 0.3 is 11.9 Å². The Balaban J connectivity index is 2.06. The molecule has 0 saturated carbocycles. The van der Waals surface area contributed by atoms with E-state index in [0.29, 0.717) is 12.1 Å². The van der Waals surface area contributed by atoms with Crippen LogP contribution in [-0.2, 0) is 17.8 Å². The average molecular weight is 305 g/mol. The Kier molecular flexibility index (Phi) is 4.59. The highest BCUT2D eigenvalue weighted by Gasteiger charge is 2.10. The predicted molar refractivity (Wildman–Crippen MR) is 81.1 cm³/mol. The van der Waals surface area contributed by atoms with Gasteiger partial charge in [0.2, 0.25) is 0 Å². The number of carboxylic acid groups (broad SMARTS) is 2. The molecule has 3 N–H and O–H groups in total. The molecule has 1 aromatic carbocycles. The zero-order valence-electron chi connectivity index (χ0n) is 11.4. The maximum absolute atomic E-state index is 11.1. The number of carboxylic acids is 2. The van der Waals surface area contributed by atoms with Crippen molar-refractivity contribution in [2.24, 2.45) is 0 Å². The largest absolute Gasteiger partial charge is 0.481 e. The fraction of sp³-hybridized carbons (Fsp3) is 0.200. The van der Waals surface area contributed by atoms with Gasteiger partial charge < -0.3 is 15.5 Å². The fourth-order valence-corrected chi connectivity index (χ4v) is 2.95. The number of aromatic carboxylic acids is 1. The quantitative estimate of drug-likeness (QED) is 0.763. The van der Waals surface area contributed by atoms with E-state index in [1.807, 2.05) is 12.1 Å². The summed E-state index contributed by atoms with van der Waals surface area (Å²) in [5.74, 6) is -1.79. The van der Waals surface area contributed by atoms with Gasteiger partial charge in [-0.1, -0.05) is 6.07 Å². The van der Waals surface area contributed by atoms with Crippen LogP contribution < -0.4 is 5.32 Å². The van der Waals surface area contributed by atoms with Crippen molar-refractivity contribution in [3.8, 4) is 0 Å². The monoisotopic (exact) mass is 305 g/mol. The van der Waals surface area contributed by atoms with Crippen LogP contribution in [0.15, 0.2) is 30.3 Å². The fourth-order valence-electron chi connectivity index (χ4n) is 2.00. The normalized spacial score (nSPS) is 10.3. The lowest BCUT2D eigenvalue weighted by atomic mass is 10.1. The molecule has 21 heavy (non-hydrogen) atoms. The van der Waals surface area contributed by atoms with Gasteiger partial charge in [0.05, 0.1) is 12.0 Å². The highest BCUT2D eigenvalue weighted by molar-refractivity contribution is 7.12. The van der Waals surface area contributed by atoms with E-state index in [9.17, 15) is 9.59 Å². The topological polar surface area (TPSA) is 86.6 Å². The molecule has 5 nitrogen and oxygen atoms in total. The number of hydrogen-bond donors (Lipinski definition) is 3. The molecule has 0 aliphatic rings. The summed E-state index contributed by atoms with van der Waals surface area (Å²) < 4.78 is 0. The van der Waals surface area contributed by atoms with Gasteiger partial charge in [-0.15, -0.1) is 11.3 Å². The van der Waals surface area contributed by atoms with E-state index < -0.39 is 11.9 Å². The van der Waals surface area contributed by atoms with Crippen molar-refractivity contribution in [3.05, 3.63) is 51.2 Å². The number of aliphatic carboxylic acids is 1. The smallest absolute Gasteiger partial charge is 0.336 e. The summed E-state index contributed by atoms with van der Waals surface area (Å²) in [7, 11) is 0. The van der Waals surface area contributed by atoms with E-state index in [2.05, 4.69) is 5.32 Å². The zero-order chi connectivity index (χ0) is 15.4. The number of anilines is 1. The molecule has 0 unspecified atom stereocenters. The molecular formula is C15H15NO4S. The lowest BCUT2D eigenvalue weighted by Gasteiger charge is -2.10. The highest BCUT2D eigenvalue weighted by atomic mass is 32.1. The van der Waals surface area contributed by atoms with Crippen molar-refractivity contribution >= 4 is 29.0 Å². The maximum Gasteiger partial charge on any atom is 0.336 e. The molecular weight excluding hydrogens is 290 g/mol. The number of benzene rings is 1. The van der Waals surface area contributed by atoms with Crippen LogP contribution in [0, 0.1) is 6.92 Å². The Morgan fingerprint density at radius 3 is 2.52 bits per heavy atom. The van der Waals surface area contributed by atoms with Crippen molar-refractivity contribution in [2.75, 3.05) is 5.32 Å². The third-order valence-corrected chi connectivity index (χ3v) is 4.15. The van der Waals surface area contributed by atoms with Gasteiger partial charge in [0.1, 0.15) is 0 Å². The van der Waals surface area contributed by atoms with E-state index in [4.69, 9.17) is 10.2 Å². The van der Waals surface area contributed by atoms with E-state index in [1.54, 1.807) is 25.1 Å².